The molecule has 1 aromatic rings. The van der Waals surface area contributed by atoms with E-state index in [1.807, 2.05) is 38.1 Å². The molecule has 0 amide bonds. The van der Waals surface area contributed by atoms with Crippen molar-refractivity contribution in [1.29, 1.82) is 0 Å². The van der Waals surface area contributed by atoms with Gasteiger partial charge in [0.15, 0.2) is 11.5 Å². The summed E-state index contributed by atoms with van der Waals surface area (Å²) in [5.74, 6) is 1.56. The van der Waals surface area contributed by atoms with Crippen LogP contribution in [0, 0.1) is 5.92 Å². The van der Waals surface area contributed by atoms with Gasteiger partial charge < -0.3 is 20.3 Å². The number of hydrogen-bond donors (Lipinski definition) is 2. The van der Waals surface area contributed by atoms with Crippen molar-refractivity contribution in [2.75, 3.05) is 13.2 Å². The van der Waals surface area contributed by atoms with Gasteiger partial charge in [-0.3, -0.25) is 0 Å². The molecule has 0 bridgehead atoms. The van der Waals surface area contributed by atoms with Gasteiger partial charge in [0.1, 0.15) is 6.10 Å². The molecule has 19 heavy (non-hydrogen) atoms. The zero-order chi connectivity index (χ0) is 14.3. The Morgan fingerprint density at radius 3 is 2.37 bits per heavy atom. The summed E-state index contributed by atoms with van der Waals surface area (Å²) in [5.41, 5.74) is 6.04. The topological polar surface area (TPSA) is 64.7 Å². The van der Waals surface area contributed by atoms with Gasteiger partial charge in [-0.15, -0.1) is 0 Å². The molecule has 0 saturated carbocycles. The zero-order valence-corrected chi connectivity index (χ0v) is 12.0. The van der Waals surface area contributed by atoms with Crippen LogP contribution in [0.1, 0.15) is 27.2 Å². The molecule has 0 radical (unpaired) electrons. The van der Waals surface area contributed by atoms with E-state index >= 15 is 0 Å². The van der Waals surface area contributed by atoms with E-state index in [1.165, 1.54) is 0 Å². The Balaban J connectivity index is 2.78. The van der Waals surface area contributed by atoms with Crippen LogP contribution < -0.4 is 15.2 Å². The maximum Gasteiger partial charge on any atom is 0.161 e. The first-order valence-electron chi connectivity index (χ1n) is 6.85. The van der Waals surface area contributed by atoms with Gasteiger partial charge in [-0.2, -0.15) is 0 Å². The van der Waals surface area contributed by atoms with Crippen LogP contribution >= 0.6 is 0 Å². The van der Waals surface area contributed by atoms with Crippen LogP contribution in [0.5, 0.6) is 11.5 Å². The van der Waals surface area contributed by atoms with Crippen molar-refractivity contribution in [3.05, 3.63) is 24.3 Å². The smallest absolute Gasteiger partial charge is 0.161 e. The molecule has 4 heteroatoms. The number of benzene rings is 1. The van der Waals surface area contributed by atoms with Crippen molar-refractivity contribution in [3.8, 4) is 11.5 Å². The second-order valence-corrected chi connectivity index (χ2v) is 4.96. The van der Waals surface area contributed by atoms with Crippen LogP contribution in [0.2, 0.25) is 0 Å². The predicted molar refractivity (Wildman–Crippen MR) is 76.5 cm³/mol. The van der Waals surface area contributed by atoms with Crippen LogP contribution in [0.25, 0.3) is 0 Å². The molecule has 0 aliphatic rings. The lowest BCUT2D eigenvalue weighted by atomic mass is 10.00. The van der Waals surface area contributed by atoms with Crippen molar-refractivity contribution in [2.45, 2.75) is 39.3 Å². The molecule has 2 atom stereocenters. The van der Waals surface area contributed by atoms with Gasteiger partial charge in [0.2, 0.25) is 0 Å². The summed E-state index contributed by atoms with van der Waals surface area (Å²) in [7, 11) is 0. The number of aliphatic hydroxyl groups is 1. The van der Waals surface area contributed by atoms with Crippen molar-refractivity contribution < 1.29 is 14.6 Å². The van der Waals surface area contributed by atoms with Crippen LogP contribution in [-0.4, -0.2) is 30.5 Å². The van der Waals surface area contributed by atoms with E-state index in [1.54, 1.807) is 0 Å². The van der Waals surface area contributed by atoms with Crippen LogP contribution in [0.15, 0.2) is 24.3 Å². The van der Waals surface area contributed by atoms with Gasteiger partial charge in [-0.25, -0.2) is 0 Å². The molecule has 2 unspecified atom stereocenters. The Labute approximate surface area is 115 Å². The van der Waals surface area contributed by atoms with Gasteiger partial charge in [0, 0.05) is 6.04 Å². The second-order valence-electron chi connectivity index (χ2n) is 4.96. The van der Waals surface area contributed by atoms with E-state index in [0.717, 1.165) is 6.42 Å². The summed E-state index contributed by atoms with van der Waals surface area (Å²) in [6, 6.07) is 7.25. The highest BCUT2D eigenvalue weighted by Gasteiger charge is 2.23. The molecular weight excluding hydrogens is 242 g/mol. The zero-order valence-electron chi connectivity index (χ0n) is 12.0. The molecule has 0 aliphatic heterocycles. The van der Waals surface area contributed by atoms with Crippen molar-refractivity contribution >= 4 is 0 Å². The number of aliphatic hydroxyl groups excluding tert-OH is 1. The molecule has 0 heterocycles. The van der Waals surface area contributed by atoms with Gasteiger partial charge >= 0.3 is 0 Å². The third-order valence-electron chi connectivity index (χ3n) is 2.97. The van der Waals surface area contributed by atoms with Gasteiger partial charge in [0.05, 0.1) is 13.2 Å². The third-order valence-corrected chi connectivity index (χ3v) is 2.97. The fourth-order valence-corrected chi connectivity index (χ4v) is 1.71. The lowest BCUT2D eigenvalue weighted by Gasteiger charge is -2.26. The third kappa shape index (κ3) is 4.73. The lowest BCUT2D eigenvalue weighted by molar-refractivity contribution is 0.0778. The number of ether oxygens (including phenoxy) is 2. The minimum absolute atomic E-state index is 0.110. The Morgan fingerprint density at radius 2 is 1.84 bits per heavy atom. The van der Waals surface area contributed by atoms with Gasteiger partial charge in [0.25, 0.3) is 0 Å². The number of rotatable bonds is 8. The molecular formula is C15H25NO3. The Kier molecular flexibility index (Phi) is 6.67. The van der Waals surface area contributed by atoms with E-state index in [-0.39, 0.29) is 18.6 Å². The normalized spacial score (nSPS) is 14.2. The first-order chi connectivity index (χ1) is 9.10. The summed E-state index contributed by atoms with van der Waals surface area (Å²) in [6.07, 6.45) is 0.509. The fraction of sp³-hybridized carbons (Fsp3) is 0.600. The minimum Gasteiger partial charge on any atom is -0.490 e. The average molecular weight is 267 g/mol. The second kappa shape index (κ2) is 8.02. The molecule has 0 aromatic heterocycles. The molecule has 0 fully saturated rings. The van der Waals surface area contributed by atoms with E-state index < -0.39 is 6.10 Å². The Bertz CT molecular complexity index is 368. The minimum atomic E-state index is -0.425. The van der Waals surface area contributed by atoms with E-state index in [4.69, 9.17) is 15.2 Å². The molecule has 0 spiro atoms. The standard InChI is InChI=1S/C15H25NO3/c1-4-9-18-12-7-5-6-8-13(12)19-14(10-17)15(16)11(2)3/h5-8,11,14-15,17H,4,9-10,16H2,1-3H3. The Morgan fingerprint density at radius 1 is 1.21 bits per heavy atom. The summed E-state index contributed by atoms with van der Waals surface area (Å²) in [4.78, 5) is 0. The van der Waals surface area contributed by atoms with Crippen LogP contribution in [0.4, 0.5) is 0 Å². The van der Waals surface area contributed by atoms with Crippen molar-refractivity contribution in [2.24, 2.45) is 11.7 Å². The first kappa shape index (κ1) is 15.8. The largest absolute Gasteiger partial charge is 0.490 e. The SMILES string of the molecule is CCCOc1ccccc1OC(CO)C(N)C(C)C. The number of nitrogens with two attached hydrogens (primary N) is 1. The molecule has 0 saturated heterocycles. The average Bonchev–Trinajstić information content (AvgIpc) is 2.42. The maximum atomic E-state index is 9.43. The highest BCUT2D eigenvalue weighted by Crippen LogP contribution is 2.28. The molecule has 1 rings (SSSR count). The van der Waals surface area contributed by atoms with E-state index in [9.17, 15) is 5.11 Å². The monoisotopic (exact) mass is 267 g/mol. The quantitative estimate of drug-likeness (QED) is 0.758. The molecule has 108 valence electrons. The fourth-order valence-electron chi connectivity index (χ4n) is 1.71. The summed E-state index contributed by atoms with van der Waals surface area (Å²) in [5, 5.41) is 9.43. The molecule has 3 N–H and O–H groups in total. The van der Waals surface area contributed by atoms with Crippen LogP contribution in [-0.2, 0) is 0 Å². The number of para-hydroxylation sites is 2. The van der Waals surface area contributed by atoms with E-state index in [2.05, 4.69) is 6.92 Å². The van der Waals surface area contributed by atoms with Gasteiger partial charge in [-0.05, 0) is 24.5 Å². The first-order valence-corrected chi connectivity index (χ1v) is 6.85. The van der Waals surface area contributed by atoms with Crippen molar-refractivity contribution in [3.63, 3.8) is 0 Å². The predicted octanol–water partition coefficient (Wildman–Crippen LogP) is 2.20. The van der Waals surface area contributed by atoms with Crippen LogP contribution in [0.3, 0.4) is 0 Å². The summed E-state index contributed by atoms with van der Waals surface area (Å²) < 4.78 is 11.4. The molecule has 4 nitrogen and oxygen atoms in total. The van der Waals surface area contributed by atoms with Crippen molar-refractivity contribution in [1.82, 2.24) is 0 Å². The number of hydrogen-bond acceptors (Lipinski definition) is 4. The van der Waals surface area contributed by atoms with E-state index in [0.29, 0.717) is 18.1 Å². The lowest BCUT2D eigenvalue weighted by Crippen LogP contribution is -2.45. The van der Waals surface area contributed by atoms with Gasteiger partial charge in [-0.1, -0.05) is 32.9 Å². The molecule has 1 aromatic carbocycles. The highest BCUT2D eigenvalue weighted by atomic mass is 16.5. The maximum absolute atomic E-state index is 9.43. The Hall–Kier alpha value is -1.26. The summed E-state index contributed by atoms with van der Waals surface area (Å²) >= 11 is 0. The molecule has 0 aliphatic carbocycles. The highest BCUT2D eigenvalue weighted by molar-refractivity contribution is 5.39. The summed E-state index contributed by atoms with van der Waals surface area (Å²) in [6.45, 7) is 6.60.